The van der Waals surface area contributed by atoms with Gasteiger partial charge in [0.05, 0.1) is 28.1 Å². The van der Waals surface area contributed by atoms with Gasteiger partial charge < -0.3 is 8.83 Å². The predicted molar refractivity (Wildman–Crippen MR) is 220 cm³/mol. The van der Waals surface area contributed by atoms with Crippen molar-refractivity contribution in [1.82, 2.24) is 29.9 Å². The van der Waals surface area contributed by atoms with Gasteiger partial charge in [-0.05, 0) is 66.7 Å². The Bertz CT molecular complexity index is 3040. The molecule has 0 aliphatic rings. The number of benzene rings is 6. The summed E-state index contributed by atoms with van der Waals surface area (Å²) in [5.41, 5.74) is 12.9. The number of fused-ring (bicyclic) bond motifs is 5. The van der Waals surface area contributed by atoms with E-state index < -0.39 is 0 Å². The van der Waals surface area contributed by atoms with Gasteiger partial charge in [0.2, 0.25) is 11.8 Å². The lowest BCUT2D eigenvalue weighted by Crippen LogP contribution is -1.96. The smallest absolute Gasteiger partial charge is 0.227 e. The summed E-state index contributed by atoms with van der Waals surface area (Å²) in [7, 11) is 0. The van der Waals surface area contributed by atoms with Gasteiger partial charge in [-0.3, -0.25) is 4.98 Å². The highest BCUT2D eigenvalue weighted by molar-refractivity contribution is 6.03. The topological polar surface area (TPSA) is 104 Å². The molecule has 56 heavy (non-hydrogen) atoms. The molecule has 11 rings (SSSR count). The molecular formula is C48H28N6O2. The zero-order valence-electron chi connectivity index (χ0n) is 29.7. The van der Waals surface area contributed by atoms with Gasteiger partial charge in [0, 0.05) is 50.4 Å². The number of aromatic nitrogens is 6. The Morgan fingerprint density at radius 1 is 0.339 bits per heavy atom. The summed E-state index contributed by atoms with van der Waals surface area (Å²) in [5.74, 6) is 1.74. The molecule has 0 unspecified atom stereocenters. The highest BCUT2D eigenvalue weighted by atomic mass is 16.4. The van der Waals surface area contributed by atoms with E-state index in [0.717, 1.165) is 94.5 Å². The van der Waals surface area contributed by atoms with Crippen LogP contribution < -0.4 is 0 Å². The number of rotatable bonds is 6. The molecule has 0 bridgehead atoms. The third-order valence-electron chi connectivity index (χ3n) is 10.0. The molecule has 11 aromatic rings. The van der Waals surface area contributed by atoms with Gasteiger partial charge >= 0.3 is 0 Å². The van der Waals surface area contributed by atoms with Crippen LogP contribution in [0.2, 0.25) is 0 Å². The highest BCUT2D eigenvalue weighted by Crippen LogP contribution is 2.33. The van der Waals surface area contributed by atoms with Crippen LogP contribution in [-0.2, 0) is 0 Å². The van der Waals surface area contributed by atoms with Crippen LogP contribution in [-0.4, -0.2) is 29.9 Å². The molecule has 5 heterocycles. The Morgan fingerprint density at radius 2 is 0.821 bits per heavy atom. The van der Waals surface area contributed by atoms with Gasteiger partial charge in [0.1, 0.15) is 11.0 Å². The van der Waals surface area contributed by atoms with Crippen molar-refractivity contribution in [2.75, 3.05) is 0 Å². The molecule has 0 N–H and O–H groups in total. The highest BCUT2D eigenvalue weighted by Gasteiger charge is 2.15. The number of pyridine rings is 2. The van der Waals surface area contributed by atoms with E-state index in [9.17, 15) is 0 Å². The van der Waals surface area contributed by atoms with Crippen LogP contribution in [0.25, 0.3) is 112 Å². The monoisotopic (exact) mass is 720 g/mol. The average molecular weight is 721 g/mol. The third-order valence-corrected chi connectivity index (χ3v) is 10.0. The van der Waals surface area contributed by atoms with Crippen LogP contribution >= 0.6 is 0 Å². The number of hydrogen-bond donors (Lipinski definition) is 0. The molecule has 0 aliphatic heterocycles. The second-order valence-electron chi connectivity index (χ2n) is 13.6. The SMILES string of the molecule is c1cnc2c(c1)ccc1ccc(-c3ccc(-c4cc(-c5ccc(-c6nc7ccccc7o6)cc5)nc(-c5ccc(-c6nc7ccccc7o6)cc5)n4)cc3)nc12. The minimum atomic E-state index is 0.567. The van der Waals surface area contributed by atoms with E-state index in [1.165, 1.54) is 0 Å². The van der Waals surface area contributed by atoms with E-state index in [0.29, 0.717) is 17.6 Å². The van der Waals surface area contributed by atoms with Crippen LogP contribution in [0, 0.1) is 0 Å². The predicted octanol–water partition coefficient (Wildman–Crippen LogP) is 11.9. The molecule has 6 aromatic carbocycles. The van der Waals surface area contributed by atoms with Gasteiger partial charge in [-0.2, -0.15) is 0 Å². The molecule has 0 radical (unpaired) electrons. The van der Waals surface area contributed by atoms with Crippen LogP contribution in [0.5, 0.6) is 0 Å². The molecule has 0 saturated carbocycles. The Balaban J connectivity index is 0.970. The van der Waals surface area contributed by atoms with E-state index in [4.69, 9.17) is 23.8 Å². The zero-order valence-corrected chi connectivity index (χ0v) is 29.7. The maximum atomic E-state index is 6.04. The third kappa shape index (κ3) is 5.64. The maximum Gasteiger partial charge on any atom is 0.227 e. The number of nitrogens with zero attached hydrogens (tertiary/aromatic N) is 6. The lowest BCUT2D eigenvalue weighted by Gasteiger charge is -2.11. The van der Waals surface area contributed by atoms with E-state index in [1.807, 2.05) is 115 Å². The lowest BCUT2D eigenvalue weighted by atomic mass is 10.0. The van der Waals surface area contributed by atoms with Gasteiger partial charge in [0.25, 0.3) is 0 Å². The molecule has 0 atom stereocenters. The minimum absolute atomic E-state index is 0.567. The summed E-state index contributed by atoms with van der Waals surface area (Å²) in [6.07, 6.45) is 1.81. The fourth-order valence-electron chi connectivity index (χ4n) is 7.11. The second kappa shape index (κ2) is 12.9. The number of oxazole rings is 2. The maximum absolute atomic E-state index is 6.04. The first kappa shape index (κ1) is 31.7. The van der Waals surface area contributed by atoms with Gasteiger partial charge in [0.15, 0.2) is 17.0 Å². The van der Waals surface area contributed by atoms with Crippen LogP contribution in [0.4, 0.5) is 0 Å². The number of para-hydroxylation sites is 4. The van der Waals surface area contributed by atoms with Crippen molar-refractivity contribution in [2.24, 2.45) is 0 Å². The van der Waals surface area contributed by atoms with Crippen LogP contribution in [0.15, 0.2) is 179 Å². The summed E-state index contributed by atoms with van der Waals surface area (Å²) in [6.45, 7) is 0. The first-order chi connectivity index (χ1) is 27.7. The lowest BCUT2D eigenvalue weighted by molar-refractivity contribution is 0.619. The largest absolute Gasteiger partial charge is 0.436 e. The van der Waals surface area contributed by atoms with Crippen molar-refractivity contribution < 1.29 is 8.83 Å². The number of hydrogen-bond acceptors (Lipinski definition) is 8. The molecule has 0 amide bonds. The Labute approximate surface area is 319 Å². The summed E-state index contributed by atoms with van der Waals surface area (Å²) in [4.78, 5) is 29.2. The van der Waals surface area contributed by atoms with Crippen molar-refractivity contribution >= 4 is 44.0 Å². The zero-order chi connectivity index (χ0) is 37.0. The Hall–Kier alpha value is -7.84. The molecule has 0 saturated heterocycles. The second-order valence-corrected chi connectivity index (χ2v) is 13.6. The molecular weight excluding hydrogens is 693 g/mol. The first-order valence-corrected chi connectivity index (χ1v) is 18.3. The normalized spacial score (nSPS) is 11.6. The Kier molecular flexibility index (Phi) is 7.31. The van der Waals surface area contributed by atoms with Gasteiger partial charge in [-0.25, -0.2) is 24.9 Å². The summed E-state index contributed by atoms with van der Waals surface area (Å²) < 4.78 is 12.1. The van der Waals surface area contributed by atoms with Crippen molar-refractivity contribution in [2.45, 2.75) is 0 Å². The van der Waals surface area contributed by atoms with Crippen molar-refractivity contribution in [3.63, 3.8) is 0 Å². The molecule has 8 nitrogen and oxygen atoms in total. The van der Waals surface area contributed by atoms with Crippen molar-refractivity contribution in [1.29, 1.82) is 0 Å². The Morgan fingerprint density at radius 3 is 1.39 bits per heavy atom. The fourth-order valence-corrected chi connectivity index (χ4v) is 7.11. The van der Waals surface area contributed by atoms with E-state index >= 15 is 0 Å². The van der Waals surface area contributed by atoms with Gasteiger partial charge in [-0.15, -0.1) is 0 Å². The van der Waals surface area contributed by atoms with E-state index in [-0.39, 0.29) is 0 Å². The molecule has 0 spiro atoms. The first-order valence-electron chi connectivity index (χ1n) is 18.3. The molecule has 262 valence electrons. The van der Waals surface area contributed by atoms with Crippen molar-refractivity contribution in [3.05, 3.63) is 170 Å². The summed E-state index contributed by atoms with van der Waals surface area (Å²) >= 11 is 0. The summed E-state index contributed by atoms with van der Waals surface area (Å²) in [6, 6.07) is 54.4. The standard InChI is InChI=1S/C48H28N6O2/c1-3-9-42-38(7-1)53-47(55-42)35-21-15-31(16-22-35)41-28-40(51-46(52-41)34-19-23-36(24-20-34)48-54-39-8-2-4-10-43(39)56-48)30-13-11-29(12-14-30)37-26-25-33-18-17-32-6-5-27-49-44(32)45(33)50-37/h1-28H. The average Bonchev–Trinajstić information content (AvgIpc) is 3.92. The van der Waals surface area contributed by atoms with Gasteiger partial charge in [-0.1, -0.05) is 97.1 Å². The summed E-state index contributed by atoms with van der Waals surface area (Å²) in [5, 5.41) is 2.12. The van der Waals surface area contributed by atoms with Crippen LogP contribution in [0.1, 0.15) is 0 Å². The molecule has 0 fully saturated rings. The molecule has 0 aliphatic carbocycles. The van der Waals surface area contributed by atoms with Crippen LogP contribution in [0.3, 0.4) is 0 Å². The van der Waals surface area contributed by atoms with E-state index in [2.05, 4.69) is 69.5 Å². The minimum Gasteiger partial charge on any atom is -0.436 e. The molecule has 8 heteroatoms. The molecule has 5 aromatic heterocycles. The quantitative estimate of drug-likeness (QED) is 0.156. The fraction of sp³-hybridized carbons (Fsp3) is 0. The van der Waals surface area contributed by atoms with Crippen molar-refractivity contribution in [3.8, 4) is 68.1 Å². The van der Waals surface area contributed by atoms with E-state index in [1.54, 1.807) is 0 Å².